The number of nitrogens with zero attached hydrogens (tertiary/aromatic N) is 6. The second-order valence-electron chi connectivity index (χ2n) is 6.57. The van der Waals surface area contributed by atoms with Crippen LogP contribution >= 0.6 is 0 Å². The molecular formula is C19H23N7. The second kappa shape index (κ2) is 7.51. The largest absolute Gasteiger partial charge is 0.364 e. The Morgan fingerprint density at radius 3 is 2.65 bits per heavy atom. The highest BCUT2D eigenvalue weighted by molar-refractivity contribution is 5.49. The van der Waals surface area contributed by atoms with E-state index in [4.69, 9.17) is 0 Å². The molecular weight excluding hydrogens is 326 g/mol. The van der Waals surface area contributed by atoms with Crippen LogP contribution in [0.5, 0.6) is 0 Å². The molecule has 0 radical (unpaired) electrons. The van der Waals surface area contributed by atoms with Crippen LogP contribution < -0.4 is 10.2 Å². The number of rotatable bonds is 5. The van der Waals surface area contributed by atoms with Crippen molar-refractivity contribution in [3.8, 4) is 5.82 Å². The van der Waals surface area contributed by atoms with Crippen LogP contribution in [0.25, 0.3) is 5.82 Å². The zero-order chi connectivity index (χ0) is 17.8. The minimum Gasteiger partial charge on any atom is -0.364 e. The van der Waals surface area contributed by atoms with Gasteiger partial charge in [-0.3, -0.25) is 0 Å². The van der Waals surface area contributed by atoms with Crippen molar-refractivity contribution in [2.45, 2.75) is 32.7 Å². The summed E-state index contributed by atoms with van der Waals surface area (Å²) in [6, 6.07) is 9.89. The molecule has 1 aliphatic rings. The second-order valence-corrected chi connectivity index (χ2v) is 6.57. The number of anilines is 2. The molecule has 3 aromatic heterocycles. The highest BCUT2D eigenvalue weighted by Crippen LogP contribution is 2.22. The fourth-order valence-electron chi connectivity index (χ4n) is 3.23. The van der Waals surface area contributed by atoms with Crippen LogP contribution in [-0.2, 0) is 6.54 Å². The Kier molecular flexibility index (Phi) is 4.77. The van der Waals surface area contributed by atoms with E-state index in [0.717, 1.165) is 30.4 Å². The average Bonchev–Trinajstić information content (AvgIpc) is 3.14. The SMILES string of the molecule is Cc1ccn(-c2ccc(NCc3cccnc3N3CCCCC3)nn2)n1. The van der Waals surface area contributed by atoms with Crippen molar-refractivity contribution in [2.24, 2.45) is 0 Å². The third-order valence-electron chi connectivity index (χ3n) is 4.59. The summed E-state index contributed by atoms with van der Waals surface area (Å²) in [5.41, 5.74) is 2.14. The van der Waals surface area contributed by atoms with Crippen LogP contribution in [-0.4, -0.2) is 38.1 Å². The number of aryl methyl sites for hydroxylation is 1. The lowest BCUT2D eigenvalue weighted by molar-refractivity contribution is 0.572. The van der Waals surface area contributed by atoms with Crippen molar-refractivity contribution >= 4 is 11.6 Å². The van der Waals surface area contributed by atoms with E-state index >= 15 is 0 Å². The summed E-state index contributed by atoms with van der Waals surface area (Å²) in [5, 5.41) is 16.2. The topological polar surface area (TPSA) is 71.8 Å². The van der Waals surface area contributed by atoms with E-state index in [-0.39, 0.29) is 0 Å². The van der Waals surface area contributed by atoms with Crippen LogP contribution in [0.4, 0.5) is 11.6 Å². The Morgan fingerprint density at radius 2 is 1.92 bits per heavy atom. The van der Waals surface area contributed by atoms with Gasteiger partial charge in [-0.15, -0.1) is 10.2 Å². The van der Waals surface area contributed by atoms with Crippen molar-refractivity contribution in [2.75, 3.05) is 23.3 Å². The number of nitrogens with one attached hydrogen (secondary N) is 1. The molecule has 0 aromatic carbocycles. The van der Waals surface area contributed by atoms with Crippen LogP contribution in [0, 0.1) is 6.92 Å². The first kappa shape index (κ1) is 16.5. The minimum absolute atomic E-state index is 0.675. The summed E-state index contributed by atoms with van der Waals surface area (Å²) in [7, 11) is 0. The Hall–Kier alpha value is -2.96. The maximum Gasteiger partial charge on any atom is 0.175 e. The maximum absolute atomic E-state index is 4.61. The Labute approximate surface area is 153 Å². The van der Waals surface area contributed by atoms with Gasteiger partial charge in [0, 0.05) is 37.6 Å². The lowest BCUT2D eigenvalue weighted by Gasteiger charge is -2.29. The van der Waals surface area contributed by atoms with Gasteiger partial charge >= 0.3 is 0 Å². The van der Waals surface area contributed by atoms with Gasteiger partial charge in [0.1, 0.15) is 11.6 Å². The van der Waals surface area contributed by atoms with Gasteiger partial charge in [-0.2, -0.15) is 5.10 Å². The van der Waals surface area contributed by atoms with E-state index in [9.17, 15) is 0 Å². The van der Waals surface area contributed by atoms with Gasteiger partial charge in [0.25, 0.3) is 0 Å². The van der Waals surface area contributed by atoms with Gasteiger partial charge in [0.2, 0.25) is 0 Å². The normalized spacial score (nSPS) is 14.4. The van der Waals surface area contributed by atoms with Crippen LogP contribution in [0.3, 0.4) is 0 Å². The summed E-state index contributed by atoms with van der Waals surface area (Å²) in [6.45, 7) is 4.80. The quantitative estimate of drug-likeness (QED) is 0.763. The molecule has 0 saturated carbocycles. The molecule has 4 rings (SSSR count). The zero-order valence-corrected chi connectivity index (χ0v) is 15.0. The Bertz CT molecular complexity index is 850. The lowest BCUT2D eigenvalue weighted by Crippen LogP contribution is -2.31. The number of aromatic nitrogens is 5. The van der Waals surface area contributed by atoms with Crippen molar-refractivity contribution < 1.29 is 0 Å². The summed E-state index contributed by atoms with van der Waals surface area (Å²) < 4.78 is 1.72. The number of pyridine rings is 1. The average molecular weight is 349 g/mol. The maximum atomic E-state index is 4.61. The van der Waals surface area contributed by atoms with E-state index in [1.54, 1.807) is 4.68 Å². The third kappa shape index (κ3) is 3.66. The lowest BCUT2D eigenvalue weighted by atomic mass is 10.1. The van der Waals surface area contributed by atoms with E-state index in [1.807, 2.05) is 43.6 Å². The fourth-order valence-corrected chi connectivity index (χ4v) is 3.23. The predicted octanol–water partition coefficient (Wildman–Crippen LogP) is 2.97. The molecule has 1 N–H and O–H groups in total. The Balaban J connectivity index is 1.44. The van der Waals surface area contributed by atoms with Crippen molar-refractivity contribution in [3.63, 3.8) is 0 Å². The molecule has 3 aromatic rings. The molecule has 26 heavy (non-hydrogen) atoms. The molecule has 0 aliphatic carbocycles. The molecule has 7 nitrogen and oxygen atoms in total. The molecule has 0 atom stereocenters. The Morgan fingerprint density at radius 1 is 1.04 bits per heavy atom. The monoisotopic (exact) mass is 349 g/mol. The molecule has 0 spiro atoms. The molecule has 7 heteroatoms. The predicted molar refractivity (Wildman–Crippen MR) is 102 cm³/mol. The molecule has 134 valence electrons. The fraction of sp³-hybridized carbons (Fsp3) is 0.368. The van der Waals surface area contributed by atoms with Crippen LogP contribution in [0.1, 0.15) is 30.5 Å². The van der Waals surface area contributed by atoms with E-state index < -0.39 is 0 Å². The molecule has 0 bridgehead atoms. The number of hydrogen-bond donors (Lipinski definition) is 1. The number of hydrogen-bond acceptors (Lipinski definition) is 6. The molecule has 1 aliphatic heterocycles. The molecule has 1 fully saturated rings. The molecule has 4 heterocycles. The van der Waals surface area contributed by atoms with Gasteiger partial charge < -0.3 is 10.2 Å². The van der Waals surface area contributed by atoms with Gasteiger partial charge in [0.05, 0.1) is 5.69 Å². The summed E-state index contributed by atoms with van der Waals surface area (Å²) in [6.07, 6.45) is 7.54. The van der Waals surface area contributed by atoms with E-state index in [1.165, 1.54) is 24.8 Å². The highest BCUT2D eigenvalue weighted by atomic mass is 15.3. The summed E-state index contributed by atoms with van der Waals surface area (Å²) in [4.78, 5) is 6.99. The van der Waals surface area contributed by atoms with Crippen LogP contribution in [0.2, 0.25) is 0 Å². The summed E-state index contributed by atoms with van der Waals surface area (Å²) in [5.74, 6) is 2.53. The summed E-state index contributed by atoms with van der Waals surface area (Å²) >= 11 is 0. The van der Waals surface area contributed by atoms with Gasteiger partial charge in [-0.1, -0.05) is 6.07 Å². The molecule has 0 amide bonds. The van der Waals surface area contributed by atoms with Gasteiger partial charge in [-0.05, 0) is 50.5 Å². The van der Waals surface area contributed by atoms with Crippen molar-refractivity contribution in [1.82, 2.24) is 25.0 Å². The first-order valence-corrected chi connectivity index (χ1v) is 9.09. The number of piperidine rings is 1. The van der Waals surface area contributed by atoms with E-state index in [0.29, 0.717) is 12.4 Å². The smallest absolute Gasteiger partial charge is 0.175 e. The zero-order valence-electron chi connectivity index (χ0n) is 15.0. The van der Waals surface area contributed by atoms with Crippen molar-refractivity contribution in [1.29, 1.82) is 0 Å². The molecule has 0 unspecified atom stereocenters. The third-order valence-corrected chi connectivity index (χ3v) is 4.59. The van der Waals surface area contributed by atoms with Gasteiger partial charge in [-0.25, -0.2) is 9.67 Å². The first-order chi connectivity index (χ1) is 12.8. The molecule has 1 saturated heterocycles. The highest BCUT2D eigenvalue weighted by Gasteiger charge is 2.15. The minimum atomic E-state index is 0.675. The first-order valence-electron chi connectivity index (χ1n) is 9.09. The van der Waals surface area contributed by atoms with Gasteiger partial charge in [0.15, 0.2) is 5.82 Å². The standard InChI is InChI=1S/C19H23N7/c1-15-9-13-26(24-15)18-8-7-17(22-23-18)21-14-16-6-5-10-20-19(16)25-11-3-2-4-12-25/h5-10,13H,2-4,11-12,14H2,1H3,(H,21,22). The van der Waals surface area contributed by atoms with Crippen LogP contribution in [0.15, 0.2) is 42.7 Å². The van der Waals surface area contributed by atoms with E-state index in [2.05, 4.69) is 36.6 Å². The van der Waals surface area contributed by atoms with Crippen molar-refractivity contribution in [3.05, 3.63) is 54.0 Å².